The van der Waals surface area contributed by atoms with Crippen molar-refractivity contribution in [3.63, 3.8) is 0 Å². The van der Waals surface area contributed by atoms with Crippen LogP contribution in [0.3, 0.4) is 0 Å². The van der Waals surface area contributed by atoms with E-state index in [-0.39, 0.29) is 24.3 Å². The number of nitrogens with two attached hydrogens (primary N) is 1. The van der Waals surface area contributed by atoms with Gasteiger partial charge in [-0.05, 0) is 18.2 Å². The molecule has 0 spiro atoms. The molecule has 0 atom stereocenters. The molecule has 17 heavy (non-hydrogen) atoms. The van der Waals surface area contributed by atoms with Crippen LogP contribution in [0, 0.1) is 5.82 Å². The Bertz CT molecular complexity index is 433. The minimum Gasteiger partial charge on any atom is -0.469 e. The highest BCUT2D eigenvalue weighted by Gasteiger charge is 2.14. The summed E-state index contributed by atoms with van der Waals surface area (Å²) in [6.07, 6.45) is -0.0772. The summed E-state index contributed by atoms with van der Waals surface area (Å²) >= 11 is 0. The number of esters is 2. The van der Waals surface area contributed by atoms with Gasteiger partial charge in [0.25, 0.3) is 0 Å². The molecule has 1 aromatic rings. The van der Waals surface area contributed by atoms with E-state index in [1.807, 2.05) is 0 Å². The highest BCUT2D eigenvalue weighted by molar-refractivity contribution is 5.90. The zero-order valence-electron chi connectivity index (χ0n) is 9.23. The molecule has 92 valence electrons. The lowest BCUT2D eigenvalue weighted by molar-refractivity contribution is -0.141. The van der Waals surface area contributed by atoms with Crippen LogP contribution in [0.2, 0.25) is 0 Å². The monoisotopic (exact) mass is 241 g/mol. The van der Waals surface area contributed by atoms with Crippen molar-refractivity contribution in [2.45, 2.75) is 6.42 Å². The molecule has 0 saturated heterocycles. The summed E-state index contributed by atoms with van der Waals surface area (Å²) in [5.74, 6) is -2.09. The van der Waals surface area contributed by atoms with Crippen LogP contribution >= 0.6 is 0 Å². The van der Waals surface area contributed by atoms with Crippen LogP contribution in [0.25, 0.3) is 0 Å². The normalized spacial score (nSPS) is 9.76. The van der Waals surface area contributed by atoms with Crippen LogP contribution in [0.4, 0.5) is 10.1 Å². The predicted octanol–water partition coefficient (Wildman–Crippen LogP) is 1.13. The van der Waals surface area contributed by atoms with Gasteiger partial charge in [-0.15, -0.1) is 0 Å². The topological polar surface area (TPSA) is 78.6 Å². The van der Waals surface area contributed by atoms with Crippen molar-refractivity contribution in [2.24, 2.45) is 0 Å². The number of hydrogen-bond donors (Lipinski definition) is 1. The molecule has 2 N–H and O–H groups in total. The maximum absolute atomic E-state index is 13.2. The number of carbonyl (C=O) groups excluding carboxylic acids is 2. The van der Waals surface area contributed by atoms with Crippen LogP contribution in [0.5, 0.6) is 0 Å². The van der Waals surface area contributed by atoms with Crippen LogP contribution < -0.4 is 5.73 Å². The van der Waals surface area contributed by atoms with Gasteiger partial charge in [0.2, 0.25) is 0 Å². The molecule has 6 heteroatoms. The molecule has 0 radical (unpaired) electrons. The first-order valence-electron chi connectivity index (χ1n) is 4.83. The summed E-state index contributed by atoms with van der Waals surface area (Å²) in [4.78, 5) is 22.2. The van der Waals surface area contributed by atoms with Gasteiger partial charge in [-0.1, -0.05) is 0 Å². The number of anilines is 1. The maximum Gasteiger partial charge on any atom is 0.341 e. The fourth-order valence-electron chi connectivity index (χ4n) is 1.11. The summed E-state index contributed by atoms with van der Waals surface area (Å²) in [5.41, 5.74) is 5.42. The van der Waals surface area contributed by atoms with Gasteiger partial charge in [-0.2, -0.15) is 0 Å². The molecule has 0 aliphatic rings. The van der Waals surface area contributed by atoms with Gasteiger partial charge in [0.1, 0.15) is 12.4 Å². The number of rotatable bonds is 4. The molecule has 0 aromatic heterocycles. The van der Waals surface area contributed by atoms with Gasteiger partial charge in [-0.25, -0.2) is 9.18 Å². The number of halogens is 1. The van der Waals surface area contributed by atoms with Gasteiger partial charge in [0.15, 0.2) is 0 Å². The first kappa shape index (κ1) is 13.0. The molecular formula is C11H12FNO4. The van der Waals surface area contributed by atoms with Crippen molar-refractivity contribution >= 4 is 17.6 Å². The number of nitrogen functional groups attached to an aromatic ring is 1. The fraction of sp³-hybridized carbons (Fsp3) is 0.273. The SMILES string of the molecule is COC(=O)CCOC(=O)c1cc(N)ccc1F. The molecule has 0 fully saturated rings. The molecule has 1 aromatic carbocycles. The number of ether oxygens (including phenoxy) is 2. The summed E-state index contributed by atoms with van der Waals surface area (Å²) in [7, 11) is 1.22. The Hall–Kier alpha value is -2.11. The molecule has 0 unspecified atom stereocenters. The summed E-state index contributed by atoms with van der Waals surface area (Å²) in [5, 5.41) is 0. The first-order chi connectivity index (χ1) is 8.04. The Kier molecular flexibility index (Phi) is 4.45. The van der Waals surface area contributed by atoms with E-state index in [4.69, 9.17) is 10.5 Å². The number of hydrogen-bond acceptors (Lipinski definition) is 5. The third kappa shape index (κ3) is 3.75. The molecule has 0 amide bonds. The quantitative estimate of drug-likeness (QED) is 0.631. The van der Waals surface area contributed by atoms with Crippen LogP contribution in [-0.2, 0) is 14.3 Å². The second-order valence-corrected chi connectivity index (χ2v) is 3.20. The minimum absolute atomic E-state index is 0.0772. The van der Waals surface area contributed by atoms with Crippen molar-refractivity contribution in [3.8, 4) is 0 Å². The van der Waals surface area contributed by atoms with E-state index in [2.05, 4.69) is 4.74 Å². The lowest BCUT2D eigenvalue weighted by atomic mass is 10.2. The molecule has 1 rings (SSSR count). The second kappa shape index (κ2) is 5.83. The Balaban J connectivity index is 2.58. The molecule has 0 aliphatic carbocycles. The minimum atomic E-state index is -0.862. The number of methoxy groups -OCH3 is 1. The molecule has 5 nitrogen and oxygen atoms in total. The fourth-order valence-corrected chi connectivity index (χ4v) is 1.11. The Labute approximate surface area is 97.3 Å². The molecular weight excluding hydrogens is 229 g/mol. The van der Waals surface area contributed by atoms with Crippen LogP contribution in [-0.4, -0.2) is 25.7 Å². The third-order valence-electron chi connectivity index (χ3n) is 1.98. The summed E-state index contributed by atoms with van der Waals surface area (Å²) in [6, 6.07) is 3.59. The van der Waals surface area contributed by atoms with Crippen molar-refractivity contribution < 1.29 is 23.5 Å². The lowest BCUT2D eigenvalue weighted by Gasteiger charge is -2.05. The summed E-state index contributed by atoms with van der Waals surface area (Å²) in [6.45, 7) is -0.167. The van der Waals surface area contributed by atoms with E-state index in [0.29, 0.717) is 0 Å². The van der Waals surface area contributed by atoms with Crippen molar-refractivity contribution in [1.29, 1.82) is 0 Å². The van der Waals surface area contributed by atoms with Gasteiger partial charge in [0.05, 0.1) is 19.1 Å². The third-order valence-corrected chi connectivity index (χ3v) is 1.98. The lowest BCUT2D eigenvalue weighted by Crippen LogP contribution is -2.12. The van der Waals surface area contributed by atoms with Gasteiger partial charge < -0.3 is 15.2 Å². The Morgan fingerprint density at radius 2 is 2.12 bits per heavy atom. The van der Waals surface area contributed by atoms with Crippen molar-refractivity contribution in [2.75, 3.05) is 19.5 Å². The average molecular weight is 241 g/mol. The van der Waals surface area contributed by atoms with Gasteiger partial charge >= 0.3 is 11.9 Å². The van der Waals surface area contributed by atoms with Crippen LogP contribution in [0.1, 0.15) is 16.8 Å². The second-order valence-electron chi connectivity index (χ2n) is 3.20. The van der Waals surface area contributed by atoms with E-state index in [0.717, 1.165) is 6.07 Å². The number of benzene rings is 1. The van der Waals surface area contributed by atoms with E-state index in [9.17, 15) is 14.0 Å². The van der Waals surface area contributed by atoms with E-state index in [1.54, 1.807) is 0 Å². The standard InChI is InChI=1S/C11H12FNO4/c1-16-10(14)4-5-17-11(15)8-6-7(13)2-3-9(8)12/h2-3,6H,4-5,13H2,1H3. The maximum atomic E-state index is 13.2. The zero-order chi connectivity index (χ0) is 12.8. The predicted molar refractivity (Wildman–Crippen MR) is 57.7 cm³/mol. The largest absolute Gasteiger partial charge is 0.469 e. The van der Waals surface area contributed by atoms with Crippen molar-refractivity contribution in [3.05, 3.63) is 29.6 Å². The van der Waals surface area contributed by atoms with Gasteiger partial charge in [0, 0.05) is 5.69 Å². The smallest absolute Gasteiger partial charge is 0.341 e. The average Bonchev–Trinajstić information content (AvgIpc) is 2.31. The molecule has 0 aliphatic heterocycles. The van der Waals surface area contributed by atoms with Gasteiger partial charge in [-0.3, -0.25) is 4.79 Å². The van der Waals surface area contributed by atoms with Crippen molar-refractivity contribution in [1.82, 2.24) is 0 Å². The number of carbonyl (C=O) groups is 2. The highest BCUT2D eigenvalue weighted by atomic mass is 19.1. The molecule has 0 heterocycles. The van der Waals surface area contributed by atoms with E-state index < -0.39 is 17.8 Å². The Morgan fingerprint density at radius 3 is 2.76 bits per heavy atom. The Morgan fingerprint density at radius 1 is 1.41 bits per heavy atom. The van der Waals surface area contributed by atoms with Crippen LogP contribution in [0.15, 0.2) is 18.2 Å². The highest BCUT2D eigenvalue weighted by Crippen LogP contribution is 2.13. The first-order valence-corrected chi connectivity index (χ1v) is 4.83. The zero-order valence-corrected chi connectivity index (χ0v) is 9.23. The molecule has 0 bridgehead atoms. The summed E-state index contributed by atoms with van der Waals surface area (Å²) < 4.78 is 22.3. The van der Waals surface area contributed by atoms with E-state index >= 15 is 0 Å². The molecule has 0 saturated carbocycles. The van der Waals surface area contributed by atoms with E-state index in [1.165, 1.54) is 19.2 Å².